The molecule has 0 heterocycles. The van der Waals surface area contributed by atoms with Gasteiger partial charge in [-0.2, -0.15) is 0 Å². The monoisotopic (exact) mass is 688 g/mol. The molecular weight excluding hydrogens is 672 g/mol. The largest absolute Gasteiger partial charge is 0.0765 e. The first-order valence-corrected chi connectivity index (χ1v) is 13.5. The molecule has 0 aliphatic heterocycles. The summed E-state index contributed by atoms with van der Waals surface area (Å²) in [5.41, 5.74) is 1.63. The molecule has 0 spiro atoms. The van der Waals surface area contributed by atoms with Crippen molar-refractivity contribution in [3.05, 3.63) is 0 Å². The van der Waals surface area contributed by atoms with Crippen molar-refractivity contribution < 1.29 is 0 Å². The van der Waals surface area contributed by atoms with Crippen LogP contribution in [0.5, 0.6) is 0 Å². The predicted molar refractivity (Wildman–Crippen MR) is 117 cm³/mol. The van der Waals surface area contributed by atoms with Crippen LogP contribution in [0, 0.1) is 22.2 Å². The van der Waals surface area contributed by atoms with Crippen LogP contribution in [0.1, 0.15) is 57.8 Å². The second-order valence-corrected chi connectivity index (χ2v) is 18.6. The highest BCUT2D eigenvalue weighted by Crippen LogP contribution is 2.73. The molecule has 0 unspecified atom stereocenters. The molecule has 0 N–H and O–H groups in total. The van der Waals surface area contributed by atoms with Gasteiger partial charge in [0.05, 0.1) is 11.2 Å². The maximum atomic E-state index is 3.78. The van der Waals surface area contributed by atoms with E-state index in [9.17, 15) is 0 Å². The molecule has 4 aliphatic rings. The number of alkyl halides is 6. The van der Waals surface area contributed by atoms with Crippen molar-refractivity contribution >= 4 is 95.6 Å². The first-order chi connectivity index (χ1) is 10.2. The van der Waals surface area contributed by atoms with Gasteiger partial charge in [-0.15, -0.1) is 0 Å². The summed E-state index contributed by atoms with van der Waals surface area (Å²) in [6.45, 7) is 0. The van der Waals surface area contributed by atoms with Crippen molar-refractivity contribution in [1.82, 2.24) is 0 Å². The van der Waals surface area contributed by atoms with Crippen LogP contribution in [-0.2, 0) is 0 Å². The van der Waals surface area contributed by atoms with E-state index in [4.69, 9.17) is 0 Å². The van der Waals surface area contributed by atoms with Crippen molar-refractivity contribution in [2.75, 3.05) is 0 Å². The van der Waals surface area contributed by atoms with E-state index in [-0.39, 0.29) is 0 Å². The Morgan fingerprint density at radius 3 is 1.09 bits per heavy atom. The average molecular weight is 694 g/mol. The molecule has 4 bridgehead atoms. The van der Waals surface area contributed by atoms with E-state index in [0.717, 1.165) is 5.92 Å². The van der Waals surface area contributed by atoms with Crippen LogP contribution in [0.4, 0.5) is 0 Å². The molecule has 4 rings (SSSR count). The Balaban J connectivity index is 1.92. The third-order valence-electron chi connectivity index (χ3n) is 6.18. The van der Waals surface area contributed by atoms with Crippen LogP contribution < -0.4 is 0 Å². The normalized spacial score (nSPS) is 43.8. The van der Waals surface area contributed by atoms with E-state index in [1.54, 1.807) is 0 Å². The third kappa shape index (κ3) is 4.23. The zero-order chi connectivity index (χ0) is 16.2. The van der Waals surface area contributed by atoms with Gasteiger partial charge in [0.1, 0.15) is 0 Å². The quantitative estimate of drug-likeness (QED) is 0.245. The highest BCUT2D eigenvalue weighted by atomic mass is 79.9. The smallest absolute Gasteiger partial charge is 0.0703 e. The summed E-state index contributed by atoms with van der Waals surface area (Å²) >= 11 is 22.7. The molecule has 0 aromatic carbocycles. The molecule has 4 aliphatic carbocycles. The highest BCUT2D eigenvalue weighted by molar-refractivity contribution is 9.25. The molecule has 4 fully saturated rings. The minimum Gasteiger partial charge on any atom is -0.0765 e. The summed E-state index contributed by atoms with van der Waals surface area (Å²) in [5, 5.41) is 0. The first kappa shape index (κ1) is 19.6. The van der Waals surface area contributed by atoms with Crippen molar-refractivity contribution in [2.24, 2.45) is 22.2 Å². The molecular formula is C16H22Br6. The Bertz CT molecular complexity index is 339. The topological polar surface area (TPSA) is 0 Å². The van der Waals surface area contributed by atoms with Gasteiger partial charge in [-0.05, 0) is 80.0 Å². The second kappa shape index (κ2) is 7.13. The molecule has 0 nitrogen and oxygen atoms in total. The van der Waals surface area contributed by atoms with Gasteiger partial charge in [-0.25, -0.2) is 0 Å². The van der Waals surface area contributed by atoms with Crippen LogP contribution in [-0.4, -0.2) is 11.2 Å². The Morgan fingerprint density at radius 2 is 0.864 bits per heavy atom. The van der Waals surface area contributed by atoms with Crippen molar-refractivity contribution in [3.63, 3.8) is 0 Å². The second-order valence-electron chi connectivity index (χ2n) is 8.29. The highest BCUT2D eigenvalue weighted by Gasteiger charge is 2.63. The molecule has 0 saturated heterocycles. The van der Waals surface area contributed by atoms with Gasteiger partial charge in [0.15, 0.2) is 0 Å². The molecule has 0 atom stereocenters. The van der Waals surface area contributed by atoms with Crippen LogP contribution in [0.25, 0.3) is 0 Å². The summed E-state index contributed by atoms with van der Waals surface area (Å²) in [6.07, 6.45) is 12.5. The SMILES string of the molecule is BrC(Br)CC12CC3CC(CC(Br)Br)(C1)CC(CC(Br)Br)(C3)C2. The van der Waals surface area contributed by atoms with Crippen molar-refractivity contribution in [2.45, 2.75) is 69.0 Å². The molecule has 128 valence electrons. The van der Waals surface area contributed by atoms with Crippen LogP contribution in [0.2, 0.25) is 0 Å². The van der Waals surface area contributed by atoms with Crippen LogP contribution in [0.15, 0.2) is 0 Å². The lowest BCUT2D eigenvalue weighted by atomic mass is 9.38. The van der Waals surface area contributed by atoms with Crippen LogP contribution in [0.3, 0.4) is 0 Å². The third-order valence-corrected chi connectivity index (χ3v) is 8.12. The van der Waals surface area contributed by atoms with Crippen molar-refractivity contribution in [3.8, 4) is 0 Å². The fourth-order valence-corrected chi connectivity index (χ4v) is 10.8. The summed E-state index contributed by atoms with van der Waals surface area (Å²) in [4.78, 5) is 0. The maximum absolute atomic E-state index is 3.78. The zero-order valence-corrected chi connectivity index (χ0v) is 22.0. The minimum absolute atomic E-state index is 0.456. The molecule has 0 aromatic heterocycles. The Labute approximate surface area is 184 Å². The fraction of sp³-hybridized carbons (Fsp3) is 1.00. The molecule has 0 radical (unpaired) electrons. The average Bonchev–Trinajstić information content (AvgIpc) is 2.19. The predicted octanol–water partition coefficient (Wildman–Crippen LogP) is 8.46. The summed E-state index contributed by atoms with van der Waals surface area (Å²) in [6, 6.07) is 0. The van der Waals surface area contributed by atoms with Gasteiger partial charge in [0.2, 0.25) is 0 Å². The number of halogens is 6. The van der Waals surface area contributed by atoms with Gasteiger partial charge < -0.3 is 0 Å². The van der Waals surface area contributed by atoms with E-state index < -0.39 is 0 Å². The first-order valence-electron chi connectivity index (χ1n) is 8.00. The minimum atomic E-state index is 0.456. The Morgan fingerprint density at radius 1 is 0.591 bits per heavy atom. The number of rotatable bonds is 6. The van der Waals surface area contributed by atoms with E-state index in [1.165, 1.54) is 57.8 Å². The standard InChI is InChI=1S/C16H22Br6/c17-11(18)4-14-1-10-2-15(7-14,5-12(19)20)9-16(3-10,8-14)6-13(21)22/h10-13H,1-9H2. The van der Waals surface area contributed by atoms with Gasteiger partial charge in [0.25, 0.3) is 0 Å². The van der Waals surface area contributed by atoms with Gasteiger partial charge in [-0.1, -0.05) is 95.6 Å². The Hall–Kier alpha value is 2.88. The molecule has 0 amide bonds. The fourth-order valence-electron chi connectivity index (χ4n) is 6.73. The van der Waals surface area contributed by atoms with E-state index in [0.29, 0.717) is 27.5 Å². The number of hydrogen-bond acceptors (Lipinski definition) is 0. The van der Waals surface area contributed by atoms with Crippen LogP contribution >= 0.6 is 95.6 Å². The summed E-state index contributed by atoms with van der Waals surface area (Å²) < 4.78 is 1.37. The van der Waals surface area contributed by atoms with E-state index in [1.807, 2.05) is 0 Å². The molecule has 0 aromatic rings. The van der Waals surface area contributed by atoms with Gasteiger partial charge >= 0.3 is 0 Å². The van der Waals surface area contributed by atoms with Gasteiger partial charge in [-0.3, -0.25) is 0 Å². The molecule has 22 heavy (non-hydrogen) atoms. The number of hydrogen-bond donors (Lipinski definition) is 0. The van der Waals surface area contributed by atoms with E-state index >= 15 is 0 Å². The lowest BCUT2D eigenvalue weighted by Crippen LogP contribution is -2.57. The molecule has 4 saturated carbocycles. The lowest BCUT2D eigenvalue weighted by molar-refractivity contribution is -0.162. The lowest BCUT2D eigenvalue weighted by Gasteiger charge is -2.68. The van der Waals surface area contributed by atoms with Crippen molar-refractivity contribution in [1.29, 1.82) is 0 Å². The summed E-state index contributed by atoms with van der Waals surface area (Å²) in [7, 11) is 0. The Kier molecular flexibility index (Phi) is 6.36. The van der Waals surface area contributed by atoms with Gasteiger partial charge in [0, 0.05) is 0 Å². The maximum Gasteiger partial charge on any atom is 0.0703 e. The molecule has 6 heteroatoms. The summed E-state index contributed by atoms with van der Waals surface area (Å²) in [5.74, 6) is 0.937. The zero-order valence-electron chi connectivity index (χ0n) is 12.4. The van der Waals surface area contributed by atoms with E-state index in [2.05, 4.69) is 95.6 Å².